The summed E-state index contributed by atoms with van der Waals surface area (Å²) in [6, 6.07) is 8.85. The quantitative estimate of drug-likeness (QED) is 0.397. The number of hydrogen-bond acceptors (Lipinski definition) is 2. The van der Waals surface area contributed by atoms with Crippen molar-refractivity contribution in [3.8, 4) is 0 Å². The van der Waals surface area contributed by atoms with Crippen LogP contribution in [-0.2, 0) is 17.6 Å². The first-order valence-electron chi connectivity index (χ1n) is 8.47. The Kier molecular flexibility index (Phi) is 10.1. The van der Waals surface area contributed by atoms with Crippen molar-refractivity contribution < 1.29 is 4.74 Å². The van der Waals surface area contributed by atoms with Crippen LogP contribution in [0.1, 0.15) is 38.3 Å². The molecule has 0 aliphatic carbocycles. The molecule has 0 spiro atoms. The van der Waals surface area contributed by atoms with Gasteiger partial charge in [0.05, 0.1) is 0 Å². The van der Waals surface area contributed by atoms with Gasteiger partial charge < -0.3 is 15.4 Å². The van der Waals surface area contributed by atoms with Gasteiger partial charge in [-0.15, -0.1) is 0 Å². The second kappa shape index (κ2) is 12.0. The summed E-state index contributed by atoms with van der Waals surface area (Å²) in [5.74, 6) is 0.893. The first kappa shape index (κ1) is 18.5. The molecular formula is C18H31N3O. The molecular weight excluding hydrogens is 274 g/mol. The Morgan fingerprint density at radius 1 is 1.05 bits per heavy atom. The van der Waals surface area contributed by atoms with Gasteiger partial charge in [0.2, 0.25) is 0 Å². The van der Waals surface area contributed by atoms with Crippen molar-refractivity contribution in [1.29, 1.82) is 0 Å². The molecule has 0 heterocycles. The van der Waals surface area contributed by atoms with E-state index in [0.717, 1.165) is 58.1 Å². The Morgan fingerprint density at radius 2 is 1.77 bits per heavy atom. The van der Waals surface area contributed by atoms with E-state index in [1.54, 1.807) is 0 Å². The molecule has 0 saturated heterocycles. The summed E-state index contributed by atoms with van der Waals surface area (Å²) in [6.45, 7) is 10.4. The zero-order valence-electron chi connectivity index (χ0n) is 14.3. The van der Waals surface area contributed by atoms with E-state index in [0.29, 0.717) is 0 Å². The molecule has 0 amide bonds. The highest BCUT2D eigenvalue weighted by atomic mass is 16.5. The predicted molar refractivity (Wildman–Crippen MR) is 94.6 cm³/mol. The number of nitrogens with zero attached hydrogens (tertiary/aromatic N) is 1. The summed E-state index contributed by atoms with van der Waals surface area (Å²) in [5.41, 5.74) is 2.75. The third kappa shape index (κ3) is 8.03. The summed E-state index contributed by atoms with van der Waals surface area (Å²) in [5, 5.41) is 6.66. The molecule has 1 aromatic carbocycles. The van der Waals surface area contributed by atoms with Crippen molar-refractivity contribution in [1.82, 2.24) is 10.6 Å². The van der Waals surface area contributed by atoms with Crippen molar-refractivity contribution in [3.05, 3.63) is 35.4 Å². The standard InChI is InChI=1S/C18H31N3O/c1-4-16-8-10-17(11-9-16)12-14-21-18(19-5-2)20-13-7-15-22-6-3/h8-11H,4-7,12-15H2,1-3H3,(H2,19,20,21). The molecule has 0 aliphatic rings. The fraction of sp³-hybridized carbons (Fsp3) is 0.611. The third-order valence-corrected chi connectivity index (χ3v) is 3.40. The lowest BCUT2D eigenvalue weighted by molar-refractivity contribution is 0.146. The van der Waals surface area contributed by atoms with Gasteiger partial charge in [0.15, 0.2) is 5.96 Å². The molecule has 0 unspecified atom stereocenters. The topological polar surface area (TPSA) is 45.7 Å². The largest absolute Gasteiger partial charge is 0.382 e. The smallest absolute Gasteiger partial charge is 0.191 e. The molecule has 2 N–H and O–H groups in total. The molecule has 1 aromatic rings. The monoisotopic (exact) mass is 305 g/mol. The Morgan fingerprint density at radius 3 is 2.41 bits per heavy atom. The van der Waals surface area contributed by atoms with Crippen LogP contribution < -0.4 is 10.6 Å². The maximum absolute atomic E-state index is 5.32. The van der Waals surface area contributed by atoms with Crippen molar-refractivity contribution in [3.63, 3.8) is 0 Å². The van der Waals surface area contributed by atoms with Gasteiger partial charge >= 0.3 is 0 Å². The SMILES string of the molecule is CCNC(=NCCCOCC)NCCc1ccc(CC)cc1. The number of nitrogens with one attached hydrogen (secondary N) is 2. The summed E-state index contributed by atoms with van der Waals surface area (Å²) < 4.78 is 5.32. The normalized spacial score (nSPS) is 11.5. The maximum atomic E-state index is 5.32. The number of ether oxygens (including phenoxy) is 1. The van der Waals surface area contributed by atoms with E-state index in [1.807, 2.05) is 6.92 Å². The van der Waals surface area contributed by atoms with Crippen molar-refractivity contribution >= 4 is 5.96 Å². The molecule has 22 heavy (non-hydrogen) atoms. The summed E-state index contributed by atoms with van der Waals surface area (Å²) in [7, 11) is 0. The third-order valence-electron chi connectivity index (χ3n) is 3.40. The lowest BCUT2D eigenvalue weighted by Crippen LogP contribution is -2.38. The average molecular weight is 305 g/mol. The molecule has 0 saturated carbocycles. The highest BCUT2D eigenvalue weighted by Crippen LogP contribution is 2.05. The maximum Gasteiger partial charge on any atom is 0.191 e. The van der Waals surface area contributed by atoms with E-state index in [4.69, 9.17) is 4.74 Å². The van der Waals surface area contributed by atoms with E-state index in [2.05, 4.69) is 53.7 Å². The van der Waals surface area contributed by atoms with Crippen LogP contribution in [0.15, 0.2) is 29.3 Å². The Hall–Kier alpha value is -1.55. The van der Waals surface area contributed by atoms with E-state index in [-0.39, 0.29) is 0 Å². The lowest BCUT2D eigenvalue weighted by atomic mass is 10.1. The van der Waals surface area contributed by atoms with Crippen LogP contribution in [0, 0.1) is 0 Å². The van der Waals surface area contributed by atoms with Gasteiger partial charge in [0.1, 0.15) is 0 Å². The molecule has 1 rings (SSSR count). The number of rotatable bonds is 10. The Bertz CT molecular complexity index is 415. The Labute approximate surface area is 135 Å². The highest BCUT2D eigenvalue weighted by molar-refractivity contribution is 5.79. The molecule has 4 nitrogen and oxygen atoms in total. The summed E-state index contributed by atoms with van der Waals surface area (Å²) in [4.78, 5) is 4.56. The van der Waals surface area contributed by atoms with E-state index >= 15 is 0 Å². The number of aliphatic imine (C=N–C) groups is 1. The van der Waals surface area contributed by atoms with Gasteiger partial charge in [0, 0.05) is 32.8 Å². The number of aryl methyl sites for hydroxylation is 1. The molecule has 0 atom stereocenters. The molecule has 0 aliphatic heterocycles. The van der Waals surface area contributed by atoms with Crippen LogP contribution in [0.25, 0.3) is 0 Å². The molecule has 4 heteroatoms. The number of guanidine groups is 1. The molecule has 0 aromatic heterocycles. The second-order valence-corrected chi connectivity index (χ2v) is 5.16. The van der Waals surface area contributed by atoms with Gasteiger partial charge in [-0.05, 0) is 44.2 Å². The fourth-order valence-electron chi connectivity index (χ4n) is 2.11. The van der Waals surface area contributed by atoms with E-state index < -0.39 is 0 Å². The van der Waals surface area contributed by atoms with Gasteiger partial charge in [-0.3, -0.25) is 4.99 Å². The first-order chi connectivity index (χ1) is 10.8. The van der Waals surface area contributed by atoms with Crippen LogP contribution in [-0.4, -0.2) is 38.8 Å². The van der Waals surface area contributed by atoms with Gasteiger partial charge in [-0.2, -0.15) is 0 Å². The van der Waals surface area contributed by atoms with Gasteiger partial charge in [-0.1, -0.05) is 31.2 Å². The van der Waals surface area contributed by atoms with Crippen LogP contribution in [0.3, 0.4) is 0 Å². The van der Waals surface area contributed by atoms with Crippen molar-refractivity contribution in [2.75, 3.05) is 32.8 Å². The minimum Gasteiger partial charge on any atom is -0.382 e. The zero-order chi connectivity index (χ0) is 16.0. The van der Waals surface area contributed by atoms with Crippen LogP contribution in [0.4, 0.5) is 0 Å². The van der Waals surface area contributed by atoms with E-state index in [1.165, 1.54) is 11.1 Å². The van der Waals surface area contributed by atoms with Gasteiger partial charge in [-0.25, -0.2) is 0 Å². The lowest BCUT2D eigenvalue weighted by Gasteiger charge is -2.11. The molecule has 0 radical (unpaired) electrons. The van der Waals surface area contributed by atoms with Crippen molar-refractivity contribution in [2.24, 2.45) is 4.99 Å². The second-order valence-electron chi connectivity index (χ2n) is 5.16. The molecule has 124 valence electrons. The van der Waals surface area contributed by atoms with Crippen LogP contribution >= 0.6 is 0 Å². The van der Waals surface area contributed by atoms with Crippen molar-refractivity contribution in [2.45, 2.75) is 40.0 Å². The minimum absolute atomic E-state index is 0.777. The number of benzene rings is 1. The zero-order valence-corrected chi connectivity index (χ0v) is 14.3. The summed E-state index contributed by atoms with van der Waals surface area (Å²) >= 11 is 0. The predicted octanol–water partition coefficient (Wildman–Crippen LogP) is 2.77. The summed E-state index contributed by atoms with van der Waals surface area (Å²) in [6.07, 6.45) is 3.06. The average Bonchev–Trinajstić information content (AvgIpc) is 2.55. The fourth-order valence-corrected chi connectivity index (χ4v) is 2.11. The first-order valence-corrected chi connectivity index (χ1v) is 8.47. The van der Waals surface area contributed by atoms with Gasteiger partial charge in [0.25, 0.3) is 0 Å². The Balaban J connectivity index is 2.31. The number of hydrogen-bond donors (Lipinski definition) is 2. The highest BCUT2D eigenvalue weighted by Gasteiger charge is 1.98. The van der Waals surface area contributed by atoms with Crippen LogP contribution in [0.5, 0.6) is 0 Å². The van der Waals surface area contributed by atoms with Crippen LogP contribution in [0.2, 0.25) is 0 Å². The van der Waals surface area contributed by atoms with E-state index in [9.17, 15) is 0 Å². The molecule has 0 fully saturated rings. The minimum atomic E-state index is 0.777. The molecule has 0 bridgehead atoms.